The lowest BCUT2D eigenvalue weighted by Gasteiger charge is -2.08. The third kappa shape index (κ3) is 4.65. The third-order valence-electron chi connectivity index (χ3n) is 5.87. The quantitative estimate of drug-likeness (QED) is 0.297. The molecule has 0 saturated heterocycles. The van der Waals surface area contributed by atoms with Crippen molar-refractivity contribution in [3.05, 3.63) is 107 Å². The summed E-state index contributed by atoms with van der Waals surface area (Å²) in [6.45, 7) is 0.261. The summed E-state index contributed by atoms with van der Waals surface area (Å²) >= 11 is 0. The van der Waals surface area contributed by atoms with Crippen LogP contribution in [0.15, 0.2) is 84.9 Å². The molecule has 2 amide bonds. The van der Waals surface area contributed by atoms with Gasteiger partial charge in [0.15, 0.2) is 11.9 Å². The summed E-state index contributed by atoms with van der Waals surface area (Å²) in [6.07, 6.45) is 0.498. The van der Waals surface area contributed by atoms with Gasteiger partial charge in [0.05, 0.1) is 11.3 Å². The Bertz CT molecular complexity index is 1640. The maximum atomic E-state index is 12.5. The number of carbonyl (C=O) groups excluding carboxylic acids is 3. The highest BCUT2D eigenvalue weighted by molar-refractivity contribution is 5.96. The molecule has 182 valence electrons. The number of rotatable bonds is 7. The van der Waals surface area contributed by atoms with Crippen LogP contribution in [0.4, 0.5) is 0 Å². The molecule has 0 bridgehead atoms. The second-order valence-electron chi connectivity index (χ2n) is 8.30. The van der Waals surface area contributed by atoms with E-state index in [1.54, 1.807) is 16.6 Å². The van der Waals surface area contributed by atoms with E-state index in [9.17, 15) is 19.5 Å². The molecule has 0 aliphatic carbocycles. The fraction of sp³-hybridized carbons (Fsp3) is 0.0357. The molecule has 0 unspecified atom stereocenters. The highest BCUT2D eigenvalue weighted by atomic mass is 16.3. The number of hydrogen-bond acceptors (Lipinski definition) is 6. The van der Waals surface area contributed by atoms with E-state index < -0.39 is 5.91 Å². The van der Waals surface area contributed by atoms with Gasteiger partial charge in [-0.2, -0.15) is 5.10 Å². The van der Waals surface area contributed by atoms with Crippen molar-refractivity contribution in [3.8, 4) is 28.3 Å². The van der Waals surface area contributed by atoms with E-state index in [4.69, 9.17) is 10.7 Å². The van der Waals surface area contributed by atoms with Crippen molar-refractivity contribution in [2.75, 3.05) is 0 Å². The first-order valence-electron chi connectivity index (χ1n) is 11.4. The van der Waals surface area contributed by atoms with E-state index in [0.717, 1.165) is 22.4 Å². The average Bonchev–Trinajstić information content (AvgIpc) is 3.31. The van der Waals surface area contributed by atoms with E-state index in [0.29, 0.717) is 17.6 Å². The van der Waals surface area contributed by atoms with Crippen LogP contribution >= 0.6 is 0 Å². The molecule has 9 nitrogen and oxygen atoms in total. The van der Waals surface area contributed by atoms with Crippen LogP contribution in [0.2, 0.25) is 0 Å². The predicted molar refractivity (Wildman–Crippen MR) is 137 cm³/mol. The smallest absolute Gasteiger partial charge is 0.269 e. The first-order valence-corrected chi connectivity index (χ1v) is 11.4. The lowest BCUT2D eigenvalue weighted by molar-refractivity contribution is 0.0949. The molecule has 0 aliphatic rings. The Labute approximate surface area is 211 Å². The lowest BCUT2D eigenvalue weighted by atomic mass is 10.0. The van der Waals surface area contributed by atoms with Gasteiger partial charge in [-0.1, -0.05) is 54.6 Å². The highest BCUT2D eigenvalue weighted by Crippen LogP contribution is 2.32. The van der Waals surface area contributed by atoms with Crippen LogP contribution in [-0.4, -0.2) is 37.8 Å². The number of aromatic hydroxyl groups is 1. The average molecular weight is 492 g/mol. The fourth-order valence-electron chi connectivity index (χ4n) is 3.98. The highest BCUT2D eigenvalue weighted by Gasteiger charge is 2.18. The number of nitrogens with one attached hydrogen (secondary N) is 1. The Kier molecular flexibility index (Phi) is 6.17. The number of fused-ring (bicyclic) bond motifs is 1. The van der Waals surface area contributed by atoms with E-state index in [1.807, 2.05) is 54.6 Å². The number of hydrogen-bond donors (Lipinski definition) is 3. The number of aromatic nitrogens is 3. The molecule has 0 fully saturated rings. The molecule has 2 heterocycles. The van der Waals surface area contributed by atoms with Gasteiger partial charge in [0, 0.05) is 23.2 Å². The molecule has 0 radical (unpaired) electrons. The number of benzene rings is 3. The minimum absolute atomic E-state index is 0.0520. The molecule has 2 aromatic heterocycles. The minimum Gasteiger partial charge on any atom is -0.507 e. The SMILES string of the molecule is NC(=O)c1ccc2nc(-c3ccc(CNC(=O)c4ccc(O)c(C=O)c4)cc3)c(-c3ccccc3)n2n1. The number of nitrogens with zero attached hydrogens (tertiary/aromatic N) is 3. The summed E-state index contributed by atoms with van der Waals surface area (Å²) in [7, 11) is 0. The van der Waals surface area contributed by atoms with Crippen molar-refractivity contribution in [1.29, 1.82) is 0 Å². The number of amides is 2. The standard InChI is InChI=1S/C28H21N5O4/c29-27(36)22-11-13-24-31-25(26(33(24)32-22)19-4-2-1-3-5-19)18-8-6-17(7-9-18)15-30-28(37)20-10-12-23(35)21(14-20)16-34/h1-14,16,35H,15H2,(H2,29,36)(H,30,37). The van der Waals surface area contributed by atoms with Gasteiger partial charge in [-0.05, 0) is 35.9 Å². The largest absolute Gasteiger partial charge is 0.507 e. The fourth-order valence-corrected chi connectivity index (χ4v) is 3.98. The van der Waals surface area contributed by atoms with E-state index in [1.165, 1.54) is 18.2 Å². The molecule has 0 saturated carbocycles. The molecule has 0 aliphatic heterocycles. The van der Waals surface area contributed by atoms with E-state index >= 15 is 0 Å². The van der Waals surface area contributed by atoms with Gasteiger partial charge in [0.2, 0.25) is 0 Å². The number of imidazole rings is 1. The molecule has 5 rings (SSSR count). The second kappa shape index (κ2) is 9.74. The Balaban J connectivity index is 1.43. The van der Waals surface area contributed by atoms with Crippen LogP contribution in [0, 0.1) is 0 Å². The van der Waals surface area contributed by atoms with Gasteiger partial charge in [0.1, 0.15) is 17.1 Å². The van der Waals surface area contributed by atoms with Gasteiger partial charge in [-0.3, -0.25) is 14.4 Å². The molecular formula is C28H21N5O4. The first kappa shape index (κ1) is 23.4. The summed E-state index contributed by atoms with van der Waals surface area (Å²) in [5.41, 5.74) is 10.4. The Morgan fingerprint density at radius 2 is 1.70 bits per heavy atom. The number of phenols is 1. The normalized spacial score (nSPS) is 10.8. The zero-order valence-electron chi connectivity index (χ0n) is 19.5. The zero-order chi connectivity index (χ0) is 25.9. The number of carbonyl (C=O) groups is 3. The van der Waals surface area contributed by atoms with Crippen molar-refractivity contribution in [3.63, 3.8) is 0 Å². The molecular weight excluding hydrogens is 470 g/mol. The maximum absolute atomic E-state index is 12.5. The number of phenolic OH excluding ortho intramolecular Hbond substituents is 1. The lowest BCUT2D eigenvalue weighted by Crippen LogP contribution is -2.22. The summed E-state index contributed by atoms with van der Waals surface area (Å²) in [6, 6.07) is 24.5. The van der Waals surface area contributed by atoms with Gasteiger partial charge < -0.3 is 16.2 Å². The Hall–Kier alpha value is -5.31. The summed E-state index contributed by atoms with van der Waals surface area (Å²) in [5, 5.41) is 16.8. The van der Waals surface area contributed by atoms with Crippen molar-refractivity contribution < 1.29 is 19.5 Å². The molecule has 0 spiro atoms. The van der Waals surface area contributed by atoms with Crippen LogP contribution in [0.3, 0.4) is 0 Å². The second-order valence-corrected chi connectivity index (χ2v) is 8.30. The predicted octanol–water partition coefficient (Wildman–Crippen LogP) is 3.61. The molecule has 9 heteroatoms. The van der Waals surface area contributed by atoms with Crippen molar-refractivity contribution >= 4 is 23.7 Å². The number of primary amides is 1. The van der Waals surface area contributed by atoms with Crippen molar-refractivity contribution in [2.24, 2.45) is 5.73 Å². The number of nitrogens with two attached hydrogens (primary N) is 1. The van der Waals surface area contributed by atoms with E-state index in [2.05, 4.69) is 10.4 Å². The Morgan fingerprint density at radius 1 is 0.946 bits per heavy atom. The maximum Gasteiger partial charge on any atom is 0.269 e. The van der Waals surface area contributed by atoms with Crippen molar-refractivity contribution in [2.45, 2.75) is 6.54 Å². The van der Waals surface area contributed by atoms with Crippen LogP contribution < -0.4 is 11.1 Å². The zero-order valence-corrected chi connectivity index (χ0v) is 19.5. The van der Waals surface area contributed by atoms with Crippen LogP contribution in [0.1, 0.15) is 36.8 Å². The van der Waals surface area contributed by atoms with Gasteiger partial charge in [-0.25, -0.2) is 9.50 Å². The van der Waals surface area contributed by atoms with Gasteiger partial charge >= 0.3 is 0 Å². The molecule has 4 N–H and O–H groups in total. The first-order chi connectivity index (χ1) is 17.9. The summed E-state index contributed by atoms with van der Waals surface area (Å²) < 4.78 is 1.62. The monoisotopic (exact) mass is 491 g/mol. The molecule has 3 aromatic carbocycles. The molecule has 5 aromatic rings. The third-order valence-corrected chi connectivity index (χ3v) is 5.87. The van der Waals surface area contributed by atoms with Gasteiger partial charge in [0.25, 0.3) is 11.8 Å². The Morgan fingerprint density at radius 3 is 2.41 bits per heavy atom. The minimum atomic E-state index is -0.628. The molecule has 37 heavy (non-hydrogen) atoms. The topological polar surface area (TPSA) is 140 Å². The van der Waals surface area contributed by atoms with Crippen LogP contribution in [0.25, 0.3) is 28.2 Å². The molecule has 0 atom stereocenters. The number of aldehydes is 1. The van der Waals surface area contributed by atoms with E-state index in [-0.39, 0.29) is 35.0 Å². The van der Waals surface area contributed by atoms with Crippen LogP contribution in [0.5, 0.6) is 5.75 Å². The van der Waals surface area contributed by atoms with Gasteiger partial charge in [-0.15, -0.1) is 0 Å². The van der Waals surface area contributed by atoms with Crippen LogP contribution in [-0.2, 0) is 6.54 Å². The summed E-state index contributed by atoms with van der Waals surface area (Å²) in [4.78, 5) is 40.0. The van der Waals surface area contributed by atoms with Crippen molar-refractivity contribution in [1.82, 2.24) is 19.9 Å². The summed E-state index contributed by atoms with van der Waals surface area (Å²) in [5.74, 6) is -1.17.